The molecule has 7 heteroatoms. The van der Waals surface area contributed by atoms with Crippen molar-refractivity contribution in [1.29, 1.82) is 0 Å². The highest BCUT2D eigenvalue weighted by Gasteiger charge is 2.13. The second-order valence-electron chi connectivity index (χ2n) is 4.17. The minimum absolute atomic E-state index is 0.563. The zero-order valence-corrected chi connectivity index (χ0v) is 12.4. The van der Waals surface area contributed by atoms with E-state index < -0.39 is 10.0 Å². The maximum absolute atomic E-state index is 11.2. The first-order chi connectivity index (χ1) is 8.44. The van der Waals surface area contributed by atoms with Crippen molar-refractivity contribution >= 4 is 37.3 Å². The standard InChI is InChI=1S/C11H15BrN2O3S/c1-18(15,16)13-10-6-9(12)7-11(8-10)14-2-4-17-5-3-14/h6-8,13H,2-5H2,1H3. The Labute approximate surface area is 115 Å². The van der Waals surface area contributed by atoms with Crippen molar-refractivity contribution in [1.82, 2.24) is 0 Å². The van der Waals surface area contributed by atoms with E-state index in [2.05, 4.69) is 25.6 Å². The molecule has 18 heavy (non-hydrogen) atoms. The monoisotopic (exact) mass is 334 g/mol. The summed E-state index contributed by atoms with van der Waals surface area (Å²) in [5.74, 6) is 0. The third kappa shape index (κ3) is 3.86. The van der Waals surface area contributed by atoms with Crippen LogP contribution in [0.3, 0.4) is 0 Å². The molecule has 1 heterocycles. The highest BCUT2D eigenvalue weighted by atomic mass is 79.9. The molecule has 2 rings (SSSR count). The van der Waals surface area contributed by atoms with Crippen LogP contribution in [-0.2, 0) is 14.8 Å². The fourth-order valence-corrected chi connectivity index (χ4v) is 2.88. The lowest BCUT2D eigenvalue weighted by molar-refractivity contribution is 0.122. The Morgan fingerprint density at radius 1 is 1.28 bits per heavy atom. The Kier molecular flexibility index (Phi) is 4.14. The van der Waals surface area contributed by atoms with Gasteiger partial charge in [-0.2, -0.15) is 0 Å². The second-order valence-corrected chi connectivity index (χ2v) is 6.84. The van der Waals surface area contributed by atoms with Gasteiger partial charge in [0.05, 0.1) is 25.2 Å². The van der Waals surface area contributed by atoms with Crippen LogP contribution in [0.15, 0.2) is 22.7 Å². The molecule has 0 atom stereocenters. The maximum Gasteiger partial charge on any atom is 0.229 e. The molecule has 0 amide bonds. The molecule has 0 radical (unpaired) electrons. The lowest BCUT2D eigenvalue weighted by atomic mass is 10.2. The first kappa shape index (κ1) is 13.6. The normalized spacial score (nSPS) is 16.7. The number of nitrogens with one attached hydrogen (secondary N) is 1. The summed E-state index contributed by atoms with van der Waals surface area (Å²) in [5.41, 5.74) is 1.55. The van der Waals surface area contributed by atoms with Gasteiger partial charge in [-0.3, -0.25) is 4.72 Å². The smallest absolute Gasteiger partial charge is 0.229 e. The Morgan fingerprint density at radius 3 is 2.56 bits per heavy atom. The molecule has 1 saturated heterocycles. The fraction of sp³-hybridized carbons (Fsp3) is 0.455. The van der Waals surface area contributed by atoms with E-state index in [4.69, 9.17) is 4.74 Å². The van der Waals surface area contributed by atoms with Crippen LogP contribution in [0.1, 0.15) is 0 Å². The zero-order chi connectivity index (χ0) is 13.2. The van der Waals surface area contributed by atoms with Crippen LogP contribution in [0, 0.1) is 0 Å². The highest BCUT2D eigenvalue weighted by molar-refractivity contribution is 9.10. The van der Waals surface area contributed by atoms with Gasteiger partial charge in [0.15, 0.2) is 0 Å². The van der Waals surface area contributed by atoms with Gasteiger partial charge in [-0.05, 0) is 18.2 Å². The number of hydrogen-bond donors (Lipinski definition) is 1. The van der Waals surface area contributed by atoms with Crippen molar-refractivity contribution in [2.24, 2.45) is 0 Å². The molecule has 100 valence electrons. The number of benzene rings is 1. The van der Waals surface area contributed by atoms with Crippen LogP contribution in [0.4, 0.5) is 11.4 Å². The Balaban J connectivity index is 2.25. The molecule has 0 bridgehead atoms. The van der Waals surface area contributed by atoms with Gasteiger partial charge in [0.25, 0.3) is 0 Å². The molecule has 0 aliphatic carbocycles. The number of ether oxygens (including phenoxy) is 1. The second kappa shape index (κ2) is 5.46. The van der Waals surface area contributed by atoms with Gasteiger partial charge >= 0.3 is 0 Å². The lowest BCUT2D eigenvalue weighted by Crippen LogP contribution is -2.36. The predicted octanol–water partition coefficient (Wildman–Crippen LogP) is 1.66. The Bertz CT molecular complexity index is 527. The molecule has 5 nitrogen and oxygen atoms in total. The Hall–Kier alpha value is -0.790. The van der Waals surface area contributed by atoms with Crippen LogP contribution in [-0.4, -0.2) is 41.0 Å². The molecule has 1 aliphatic heterocycles. The Morgan fingerprint density at radius 2 is 1.94 bits per heavy atom. The van der Waals surface area contributed by atoms with Gasteiger partial charge < -0.3 is 9.64 Å². The van der Waals surface area contributed by atoms with Crippen LogP contribution in [0.25, 0.3) is 0 Å². The molecule has 0 unspecified atom stereocenters. The van der Waals surface area contributed by atoms with E-state index in [1.54, 1.807) is 6.07 Å². The number of nitrogens with zero attached hydrogens (tertiary/aromatic N) is 1. The van der Waals surface area contributed by atoms with E-state index >= 15 is 0 Å². The molecule has 1 aliphatic rings. The van der Waals surface area contributed by atoms with Gasteiger partial charge in [-0.1, -0.05) is 15.9 Å². The topological polar surface area (TPSA) is 58.6 Å². The fourth-order valence-electron chi connectivity index (χ4n) is 1.85. The first-order valence-electron chi connectivity index (χ1n) is 5.55. The van der Waals surface area contributed by atoms with E-state index in [1.807, 2.05) is 12.1 Å². The number of anilines is 2. The largest absolute Gasteiger partial charge is 0.378 e. The summed E-state index contributed by atoms with van der Waals surface area (Å²) in [7, 11) is -3.26. The van der Waals surface area contributed by atoms with Crippen molar-refractivity contribution in [3.63, 3.8) is 0 Å². The van der Waals surface area contributed by atoms with Gasteiger partial charge in [-0.25, -0.2) is 8.42 Å². The molecular weight excluding hydrogens is 320 g/mol. The summed E-state index contributed by atoms with van der Waals surface area (Å²) in [6.45, 7) is 3.02. The summed E-state index contributed by atoms with van der Waals surface area (Å²) < 4.78 is 31.1. The quantitative estimate of drug-likeness (QED) is 0.913. The van der Waals surface area contributed by atoms with Crippen molar-refractivity contribution < 1.29 is 13.2 Å². The van der Waals surface area contributed by atoms with Crippen LogP contribution < -0.4 is 9.62 Å². The summed E-state index contributed by atoms with van der Waals surface area (Å²) >= 11 is 3.39. The molecule has 0 aromatic heterocycles. The van der Waals surface area contributed by atoms with Crippen molar-refractivity contribution in [3.8, 4) is 0 Å². The predicted molar refractivity (Wildman–Crippen MR) is 75.6 cm³/mol. The van der Waals surface area contributed by atoms with Crippen molar-refractivity contribution in [3.05, 3.63) is 22.7 Å². The van der Waals surface area contributed by atoms with Crippen molar-refractivity contribution in [2.45, 2.75) is 0 Å². The number of sulfonamides is 1. The molecule has 1 N–H and O–H groups in total. The zero-order valence-electron chi connectivity index (χ0n) is 10.0. The number of rotatable bonds is 3. The third-order valence-corrected chi connectivity index (χ3v) is 3.63. The van der Waals surface area contributed by atoms with Crippen molar-refractivity contribution in [2.75, 3.05) is 42.2 Å². The first-order valence-corrected chi connectivity index (χ1v) is 8.23. The van der Waals surface area contributed by atoms with Gasteiger partial charge in [0.1, 0.15) is 0 Å². The third-order valence-electron chi connectivity index (χ3n) is 2.56. The summed E-state index contributed by atoms with van der Waals surface area (Å²) in [6.07, 6.45) is 1.14. The van der Waals surface area contributed by atoms with Gasteiger partial charge in [0, 0.05) is 23.2 Å². The average Bonchev–Trinajstić information content (AvgIpc) is 2.27. The van der Waals surface area contributed by atoms with Crippen LogP contribution >= 0.6 is 15.9 Å². The summed E-state index contributed by atoms with van der Waals surface area (Å²) in [6, 6.07) is 5.54. The number of hydrogen-bond acceptors (Lipinski definition) is 4. The van der Waals surface area contributed by atoms with E-state index in [9.17, 15) is 8.42 Å². The van der Waals surface area contributed by atoms with E-state index in [1.165, 1.54) is 0 Å². The number of morpholine rings is 1. The summed E-state index contributed by atoms with van der Waals surface area (Å²) in [5, 5.41) is 0. The minimum atomic E-state index is -3.26. The maximum atomic E-state index is 11.2. The van der Waals surface area contributed by atoms with E-state index in [0.717, 1.165) is 29.5 Å². The molecule has 1 fully saturated rings. The molecule has 1 aromatic carbocycles. The van der Waals surface area contributed by atoms with E-state index in [-0.39, 0.29) is 0 Å². The molecule has 0 spiro atoms. The molecular formula is C11H15BrN2O3S. The summed E-state index contributed by atoms with van der Waals surface area (Å²) in [4.78, 5) is 2.17. The molecule has 0 saturated carbocycles. The average molecular weight is 335 g/mol. The minimum Gasteiger partial charge on any atom is -0.378 e. The van der Waals surface area contributed by atoms with Gasteiger partial charge in [-0.15, -0.1) is 0 Å². The number of halogens is 1. The van der Waals surface area contributed by atoms with E-state index in [0.29, 0.717) is 18.9 Å². The van der Waals surface area contributed by atoms with Crippen LogP contribution in [0.2, 0.25) is 0 Å². The van der Waals surface area contributed by atoms with Gasteiger partial charge in [0.2, 0.25) is 10.0 Å². The molecule has 1 aromatic rings. The SMILES string of the molecule is CS(=O)(=O)Nc1cc(Br)cc(N2CCOCC2)c1. The highest BCUT2D eigenvalue weighted by Crippen LogP contribution is 2.26. The van der Waals surface area contributed by atoms with Crippen LogP contribution in [0.5, 0.6) is 0 Å². The lowest BCUT2D eigenvalue weighted by Gasteiger charge is -2.29.